The molecule has 0 unspecified atom stereocenters. The molecule has 0 bridgehead atoms. The summed E-state index contributed by atoms with van der Waals surface area (Å²) in [5, 5.41) is 0. The van der Waals surface area contributed by atoms with Crippen LogP contribution in [0, 0.1) is 6.92 Å². The Hall–Kier alpha value is -1.53. The highest BCUT2D eigenvalue weighted by Crippen LogP contribution is 2.17. The molecule has 14 heavy (non-hydrogen) atoms. The molecule has 0 radical (unpaired) electrons. The Labute approximate surface area is 77.9 Å². The summed E-state index contributed by atoms with van der Waals surface area (Å²) in [5.41, 5.74) is 5.29. The van der Waals surface area contributed by atoms with E-state index in [9.17, 15) is 13.2 Å². The number of ether oxygens (including phenoxy) is 1. The molecule has 4 nitrogen and oxygen atoms in total. The first kappa shape index (κ1) is 10.6. The van der Waals surface area contributed by atoms with Gasteiger partial charge in [-0.1, -0.05) is 0 Å². The van der Waals surface area contributed by atoms with Gasteiger partial charge in [-0.05, 0) is 6.92 Å². The Bertz CT molecular complexity index is 306. The highest BCUT2D eigenvalue weighted by atomic mass is 19.4. The minimum absolute atomic E-state index is 0.0784. The third-order valence-corrected chi connectivity index (χ3v) is 1.22. The number of nitrogens with zero attached hydrogens (tertiary/aromatic N) is 2. The predicted octanol–water partition coefficient (Wildman–Crippen LogP) is 1.31. The van der Waals surface area contributed by atoms with Crippen LogP contribution in [0.25, 0.3) is 0 Å². The van der Waals surface area contributed by atoms with Crippen molar-refractivity contribution in [2.75, 3.05) is 12.3 Å². The molecule has 0 atom stereocenters. The maximum atomic E-state index is 11.7. The van der Waals surface area contributed by atoms with Crippen molar-refractivity contribution in [1.82, 2.24) is 9.97 Å². The van der Waals surface area contributed by atoms with Crippen molar-refractivity contribution in [2.45, 2.75) is 13.1 Å². The second-order valence-corrected chi connectivity index (χ2v) is 2.58. The number of hydrogen-bond donors (Lipinski definition) is 1. The average Bonchev–Trinajstić information content (AvgIpc) is 1.97. The van der Waals surface area contributed by atoms with Gasteiger partial charge < -0.3 is 10.5 Å². The van der Waals surface area contributed by atoms with E-state index in [2.05, 4.69) is 14.7 Å². The van der Waals surface area contributed by atoms with Crippen LogP contribution in [0.4, 0.5) is 19.0 Å². The first-order valence-corrected chi connectivity index (χ1v) is 3.67. The molecule has 1 heterocycles. The highest BCUT2D eigenvalue weighted by Gasteiger charge is 2.28. The Kier molecular flexibility index (Phi) is 2.78. The normalized spacial score (nSPS) is 11.4. The van der Waals surface area contributed by atoms with Crippen molar-refractivity contribution in [3.8, 4) is 5.88 Å². The summed E-state index contributed by atoms with van der Waals surface area (Å²) in [6.07, 6.45) is -4.38. The van der Waals surface area contributed by atoms with Gasteiger partial charge in [0.25, 0.3) is 0 Å². The van der Waals surface area contributed by atoms with E-state index < -0.39 is 12.8 Å². The van der Waals surface area contributed by atoms with E-state index in [1.54, 1.807) is 0 Å². The maximum Gasteiger partial charge on any atom is 0.422 e. The van der Waals surface area contributed by atoms with Crippen LogP contribution in [0.5, 0.6) is 5.88 Å². The van der Waals surface area contributed by atoms with Crippen LogP contribution in [0.1, 0.15) is 5.82 Å². The lowest BCUT2D eigenvalue weighted by Crippen LogP contribution is -2.20. The highest BCUT2D eigenvalue weighted by molar-refractivity contribution is 5.32. The number of aromatic nitrogens is 2. The number of anilines is 1. The summed E-state index contributed by atoms with van der Waals surface area (Å²) < 4.78 is 39.6. The van der Waals surface area contributed by atoms with Crippen molar-refractivity contribution in [3.63, 3.8) is 0 Å². The zero-order valence-corrected chi connectivity index (χ0v) is 7.30. The molecule has 0 aliphatic carbocycles. The molecule has 78 valence electrons. The van der Waals surface area contributed by atoms with E-state index in [0.717, 1.165) is 6.07 Å². The van der Waals surface area contributed by atoms with Crippen LogP contribution in [0.2, 0.25) is 0 Å². The van der Waals surface area contributed by atoms with Crippen molar-refractivity contribution in [3.05, 3.63) is 11.9 Å². The molecule has 2 N–H and O–H groups in total. The van der Waals surface area contributed by atoms with Crippen LogP contribution in [0.3, 0.4) is 0 Å². The number of nitrogen functional groups attached to an aromatic ring is 1. The Morgan fingerprint density at radius 2 is 2.07 bits per heavy atom. The molecule has 0 aliphatic heterocycles. The number of nitrogens with two attached hydrogens (primary N) is 1. The van der Waals surface area contributed by atoms with Gasteiger partial charge in [0.2, 0.25) is 5.88 Å². The molecular formula is C7H8F3N3O. The standard InChI is InChI=1S/C7H8F3N3O/c1-4-12-5(11)2-6(13-4)14-3-7(8,9)10/h2H,3H2,1H3,(H2,11,12,13). The van der Waals surface area contributed by atoms with Crippen molar-refractivity contribution in [1.29, 1.82) is 0 Å². The van der Waals surface area contributed by atoms with E-state index in [0.29, 0.717) is 0 Å². The zero-order valence-electron chi connectivity index (χ0n) is 7.30. The Morgan fingerprint density at radius 3 is 2.57 bits per heavy atom. The SMILES string of the molecule is Cc1nc(N)cc(OCC(F)(F)F)n1. The molecule has 1 aromatic rings. The lowest BCUT2D eigenvalue weighted by atomic mass is 10.5. The zero-order chi connectivity index (χ0) is 10.8. The van der Waals surface area contributed by atoms with Gasteiger partial charge in [0.15, 0.2) is 6.61 Å². The van der Waals surface area contributed by atoms with Crippen LogP contribution in [-0.4, -0.2) is 22.8 Å². The Morgan fingerprint density at radius 1 is 1.43 bits per heavy atom. The lowest BCUT2D eigenvalue weighted by molar-refractivity contribution is -0.154. The lowest BCUT2D eigenvalue weighted by Gasteiger charge is -2.08. The summed E-state index contributed by atoms with van der Waals surface area (Å²) in [4.78, 5) is 7.31. The smallest absolute Gasteiger partial charge is 0.422 e. The van der Waals surface area contributed by atoms with Crippen LogP contribution < -0.4 is 10.5 Å². The van der Waals surface area contributed by atoms with Gasteiger partial charge in [0.05, 0.1) is 0 Å². The van der Waals surface area contributed by atoms with Gasteiger partial charge in [0.1, 0.15) is 11.6 Å². The molecule has 0 aliphatic rings. The number of alkyl halides is 3. The van der Waals surface area contributed by atoms with Crippen molar-refractivity contribution >= 4 is 5.82 Å². The van der Waals surface area contributed by atoms with E-state index in [1.165, 1.54) is 6.92 Å². The molecular weight excluding hydrogens is 199 g/mol. The molecule has 0 saturated carbocycles. The second kappa shape index (κ2) is 3.69. The second-order valence-electron chi connectivity index (χ2n) is 2.58. The topological polar surface area (TPSA) is 61.0 Å². The van der Waals surface area contributed by atoms with E-state index in [1.807, 2.05) is 0 Å². The fourth-order valence-electron chi connectivity index (χ4n) is 0.792. The molecule has 1 aromatic heterocycles. The minimum Gasteiger partial charge on any atom is -0.468 e. The van der Waals surface area contributed by atoms with Crippen LogP contribution in [0.15, 0.2) is 6.07 Å². The van der Waals surface area contributed by atoms with Gasteiger partial charge in [-0.15, -0.1) is 0 Å². The quantitative estimate of drug-likeness (QED) is 0.794. The van der Waals surface area contributed by atoms with Crippen molar-refractivity contribution in [2.24, 2.45) is 0 Å². The summed E-state index contributed by atoms with van der Waals surface area (Å²) in [5.74, 6) is 0.171. The predicted molar refractivity (Wildman–Crippen MR) is 42.7 cm³/mol. The van der Waals surface area contributed by atoms with Gasteiger partial charge >= 0.3 is 6.18 Å². The number of halogens is 3. The number of rotatable bonds is 2. The first-order chi connectivity index (χ1) is 6.37. The first-order valence-electron chi connectivity index (χ1n) is 3.67. The summed E-state index contributed by atoms with van der Waals surface area (Å²) >= 11 is 0. The van der Waals surface area contributed by atoms with Gasteiger partial charge in [-0.3, -0.25) is 0 Å². The summed E-state index contributed by atoms with van der Waals surface area (Å²) in [7, 11) is 0. The molecule has 1 rings (SSSR count). The monoisotopic (exact) mass is 207 g/mol. The number of aryl methyl sites for hydroxylation is 1. The fraction of sp³-hybridized carbons (Fsp3) is 0.429. The Balaban J connectivity index is 2.68. The number of hydrogen-bond acceptors (Lipinski definition) is 4. The van der Waals surface area contributed by atoms with E-state index in [-0.39, 0.29) is 17.5 Å². The summed E-state index contributed by atoms with van der Waals surface area (Å²) in [6.45, 7) is 0.125. The van der Waals surface area contributed by atoms with Gasteiger partial charge in [-0.2, -0.15) is 18.2 Å². The van der Waals surface area contributed by atoms with Gasteiger partial charge in [-0.25, -0.2) is 4.98 Å². The van der Waals surface area contributed by atoms with Gasteiger partial charge in [0, 0.05) is 6.07 Å². The third-order valence-electron chi connectivity index (χ3n) is 1.22. The minimum atomic E-state index is -4.38. The molecule has 0 aromatic carbocycles. The third kappa shape index (κ3) is 3.46. The van der Waals surface area contributed by atoms with E-state index >= 15 is 0 Å². The molecule has 7 heteroatoms. The maximum absolute atomic E-state index is 11.7. The largest absolute Gasteiger partial charge is 0.468 e. The molecule has 0 saturated heterocycles. The van der Waals surface area contributed by atoms with E-state index in [4.69, 9.17) is 5.73 Å². The van der Waals surface area contributed by atoms with Crippen molar-refractivity contribution < 1.29 is 17.9 Å². The fourth-order valence-corrected chi connectivity index (χ4v) is 0.792. The molecule has 0 amide bonds. The summed E-state index contributed by atoms with van der Waals surface area (Å²) in [6, 6.07) is 1.14. The molecule has 0 fully saturated rings. The van der Waals surface area contributed by atoms with Crippen LogP contribution in [-0.2, 0) is 0 Å². The average molecular weight is 207 g/mol. The van der Waals surface area contributed by atoms with Crippen LogP contribution >= 0.6 is 0 Å². The molecule has 0 spiro atoms.